The average Bonchev–Trinajstić information content (AvgIpc) is 2.33. The highest BCUT2D eigenvalue weighted by Crippen LogP contribution is 2.22. The number of hydrogen-bond donors (Lipinski definition) is 1. The van der Waals surface area contributed by atoms with Crippen molar-refractivity contribution in [3.63, 3.8) is 0 Å². The van der Waals surface area contributed by atoms with Gasteiger partial charge in [0.15, 0.2) is 0 Å². The van der Waals surface area contributed by atoms with Crippen molar-refractivity contribution in [2.75, 3.05) is 5.32 Å². The van der Waals surface area contributed by atoms with Crippen LogP contribution in [0.1, 0.15) is 24.1 Å². The summed E-state index contributed by atoms with van der Waals surface area (Å²) in [5.41, 5.74) is 3.67. The molecule has 1 N–H and O–H groups in total. The number of para-hydroxylation sites is 1. The van der Waals surface area contributed by atoms with Gasteiger partial charge >= 0.3 is 0 Å². The molecule has 0 fully saturated rings. The molecule has 1 atom stereocenters. The molecule has 0 radical (unpaired) electrons. The molecule has 0 aliphatic heterocycles. The van der Waals surface area contributed by atoms with Gasteiger partial charge in [-0.25, -0.2) is 0 Å². The smallest absolute Gasteiger partial charge is 0.0485 e. The Balaban J connectivity index is 2.14. The zero-order valence-corrected chi connectivity index (χ0v) is 10.8. The van der Waals surface area contributed by atoms with Gasteiger partial charge in [0.05, 0.1) is 0 Å². The Morgan fingerprint density at radius 1 is 1.00 bits per heavy atom. The maximum Gasteiger partial charge on any atom is 0.0485 e. The molecule has 0 saturated heterocycles. The number of benzene rings is 2. The van der Waals surface area contributed by atoms with Crippen molar-refractivity contribution in [2.45, 2.75) is 19.9 Å². The van der Waals surface area contributed by atoms with Crippen molar-refractivity contribution >= 4 is 17.3 Å². The second kappa shape index (κ2) is 5.24. The topological polar surface area (TPSA) is 12.0 Å². The predicted octanol–water partition coefficient (Wildman–Crippen LogP) is 4.82. The molecule has 0 saturated carbocycles. The standard InChI is InChI=1S/C15H16ClN/c1-11-5-3-4-6-15(11)17-12(2)13-7-9-14(16)10-8-13/h3-10,12,17H,1-2H3. The predicted molar refractivity (Wildman–Crippen MR) is 74.7 cm³/mol. The fourth-order valence-corrected chi connectivity index (χ4v) is 1.93. The van der Waals surface area contributed by atoms with Crippen molar-refractivity contribution in [3.8, 4) is 0 Å². The van der Waals surface area contributed by atoms with E-state index in [4.69, 9.17) is 11.6 Å². The highest BCUT2D eigenvalue weighted by molar-refractivity contribution is 6.30. The summed E-state index contributed by atoms with van der Waals surface area (Å²) in [6.45, 7) is 4.26. The first kappa shape index (κ1) is 12.0. The molecule has 0 bridgehead atoms. The molecule has 0 aliphatic carbocycles. The minimum Gasteiger partial charge on any atom is -0.378 e. The maximum absolute atomic E-state index is 5.88. The summed E-state index contributed by atoms with van der Waals surface area (Å²) in [6.07, 6.45) is 0. The van der Waals surface area contributed by atoms with Crippen LogP contribution in [0.25, 0.3) is 0 Å². The number of anilines is 1. The molecule has 2 aromatic carbocycles. The lowest BCUT2D eigenvalue weighted by molar-refractivity contribution is 0.883. The SMILES string of the molecule is Cc1ccccc1NC(C)c1ccc(Cl)cc1. The molecule has 17 heavy (non-hydrogen) atoms. The lowest BCUT2D eigenvalue weighted by Gasteiger charge is -2.17. The first-order valence-electron chi connectivity index (χ1n) is 5.74. The van der Waals surface area contributed by atoms with Gasteiger partial charge in [0.1, 0.15) is 0 Å². The second-order valence-electron chi connectivity index (χ2n) is 4.23. The Bertz CT molecular complexity index is 491. The zero-order chi connectivity index (χ0) is 12.3. The minimum atomic E-state index is 0.272. The van der Waals surface area contributed by atoms with Crippen LogP contribution in [0.4, 0.5) is 5.69 Å². The summed E-state index contributed by atoms with van der Waals surface area (Å²) in [7, 11) is 0. The Labute approximate surface area is 107 Å². The normalized spacial score (nSPS) is 12.2. The summed E-state index contributed by atoms with van der Waals surface area (Å²) < 4.78 is 0. The van der Waals surface area contributed by atoms with Crippen LogP contribution in [-0.2, 0) is 0 Å². The van der Waals surface area contributed by atoms with Crippen molar-refractivity contribution in [3.05, 3.63) is 64.7 Å². The van der Waals surface area contributed by atoms with Gasteiger partial charge in [0.25, 0.3) is 0 Å². The third-order valence-corrected chi connectivity index (χ3v) is 3.14. The van der Waals surface area contributed by atoms with Gasteiger partial charge in [-0.05, 0) is 43.2 Å². The Kier molecular flexibility index (Phi) is 3.70. The highest BCUT2D eigenvalue weighted by atomic mass is 35.5. The van der Waals surface area contributed by atoms with Crippen LogP contribution in [0.2, 0.25) is 5.02 Å². The van der Waals surface area contributed by atoms with E-state index in [0.29, 0.717) is 0 Å². The van der Waals surface area contributed by atoms with Crippen LogP contribution in [0, 0.1) is 6.92 Å². The summed E-state index contributed by atoms with van der Waals surface area (Å²) in [6, 6.07) is 16.5. The van der Waals surface area contributed by atoms with E-state index < -0.39 is 0 Å². The molecule has 0 amide bonds. The van der Waals surface area contributed by atoms with Gasteiger partial charge in [-0.15, -0.1) is 0 Å². The molecule has 0 aliphatic rings. The van der Waals surface area contributed by atoms with Crippen molar-refractivity contribution in [1.82, 2.24) is 0 Å². The third-order valence-electron chi connectivity index (χ3n) is 2.89. The number of rotatable bonds is 3. The fourth-order valence-electron chi connectivity index (χ4n) is 1.80. The maximum atomic E-state index is 5.88. The van der Waals surface area contributed by atoms with E-state index in [0.717, 1.165) is 5.02 Å². The molecule has 2 aromatic rings. The molecule has 1 nitrogen and oxygen atoms in total. The van der Waals surface area contributed by atoms with Gasteiger partial charge in [-0.3, -0.25) is 0 Å². The van der Waals surface area contributed by atoms with Gasteiger partial charge in [0.2, 0.25) is 0 Å². The van der Waals surface area contributed by atoms with Gasteiger partial charge in [-0.1, -0.05) is 41.9 Å². The van der Waals surface area contributed by atoms with E-state index in [-0.39, 0.29) is 6.04 Å². The Morgan fingerprint density at radius 2 is 1.65 bits per heavy atom. The molecular formula is C15H16ClN. The summed E-state index contributed by atoms with van der Waals surface area (Å²) in [4.78, 5) is 0. The molecule has 0 spiro atoms. The van der Waals surface area contributed by atoms with Gasteiger partial charge in [0, 0.05) is 16.8 Å². The first-order chi connectivity index (χ1) is 8.16. The minimum absolute atomic E-state index is 0.272. The lowest BCUT2D eigenvalue weighted by Crippen LogP contribution is -2.07. The summed E-state index contributed by atoms with van der Waals surface area (Å²) in [5, 5.41) is 4.28. The summed E-state index contributed by atoms with van der Waals surface area (Å²) in [5.74, 6) is 0. The van der Waals surface area contributed by atoms with Gasteiger partial charge in [-0.2, -0.15) is 0 Å². The van der Waals surface area contributed by atoms with Crippen molar-refractivity contribution in [1.29, 1.82) is 0 Å². The summed E-state index contributed by atoms with van der Waals surface area (Å²) >= 11 is 5.88. The van der Waals surface area contributed by atoms with Crippen LogP contribution < -0.4 is 5.32 Å². The average molecular weight is 246 g/mol. The fraction of sp³-hybridized carbons (Fsp3) is 0.200. The van der Waals surface area contributed by atoms with E-state index >= 15 is 0 Å². The third kappa shape index (κ3) is 3.01. The van der Waals surface area contributed by atoms with Crippen molar-refractivity contribution in [2.24, 2.45) is 0 Å². The largest absolute Gasteiger partial charge is 0.378 e. The Morgan fingerprint density at radius 3 is 2.29 bits per heavy atom. The molecule has 2 heteroatoms. The highest BCUT2D eigenvalue weighted by Gasteiger charge is 2.06. The van der Waals surface area contributed by atoms with E-state index in [1.807, 2.05) is 24.3 Å². The molecule has 88 valence electrons. The van der Waals surface area contributed by atoms with E-state index in [1.165, 1.54) is 16.8 Å². The van der Waals surface area contributed by atoms with Crippen LogP contribution in [0.15, 0.2) is 48.5 Å². The Hall–Kier alpha value is -1.47. The van der Waals surface area contributed by atoms with Crippen LogP contribution in [0.3, 0.4) is 0 Å². The molecule has 0 heterocycles. The number of aryl methyl sites for hydroxylation is 1. The monoisotopic (exact) mass is 245 g/mol. The molecule has 1 unspecified atom stereocenters. The van der Waals surface area contributed by atoms with E-state index in [2.05, 4.69) is 43.4 Å². The van der Waals surface area contributed by atoms with Crippen LogP contribution in [-0.4, -0.2) is 0 Å². The molecule has 2 rings (SSSR count). The number of nitrogens with one attached hydrogen (secondary N) is 1. The van der Waals surface area contributed by atoms with Gasteiger partial charge < -0.3 is 5.32 Å². The second-order valence-corrected chi connectivity index (χ2v) is 4.67. The number of halogens is 1. The molecular weight excluding hydrogens is 230 g/mol. The number of hydrogen-bond acceptors (Lipinski definition) is 1. The lowest BCUT2D eigenvalue weighted by atomic mass is 10.1. The zero-order valence-electron chi connectivity index (χ0n) is 10.1. The van der Waals surface area contributed by atoms with Crippen LogP contribution in [0.5, 0.6) is 0 Å². The van der Waals surface area contributed by atoms with E-state index in [1.54, 1.807) is 0 Å². The molecule has 0 aromatic heterocycles. The quantitative estimate of drug-likeness (QED) is 0.817. The van der Waals surface area contributed by atoms with Crippen molar-refractivity contribution < 1.29 is 0 Å². The van der Waals surface area contributed by atoms with Crippen LogP contribution >= 0.6 is 11.6 Å². The van der Waals surface area contributed by atoms with E-state index in [9.17, 15) is 0 Å². The first-order valence-corrected chi connectivity index (χ1v) is 6.12.